The van der Waals surface area contributed by atoms with Crippen LogP contribution in [-0.2, 0) is 90.2 Å². The maximum absolute atomic E-state index is 13.0. The van der Waals surface area contributed by atoms with Crippen molar-refractivity contribution in [1.82, 2.24) is 5.32 Å². The minimum absolute atomic E-state index is 0.0729. The summed E-state index contributed by atoms with van der Waals surface area (Å²) in [6.45, 7) is -3.58. The molecule has 0 aromatic carbocycles. The highest BCUT2D eigenvalue weighted by molar-refractivity contribution is 7.99. The number of aliphatic carboxylic acids is 2. The number of carboxylic acids is 2. The van der Waals surface area contributed by atoms with Gasteiger partial charge in [0.2, 0.25) is 0 Å². The number of aliphatic hydroxyl groups excluding tert-OH is 19. The van der Waals surface area contributed by atoms with Gasteiger partial charge in [-0.3, -0.25) is 19.2 Å². The Kier molecular flexibility index (Phi) is 33.5. The molecule has 0 amide bonds. The average Bonchev–Trinajstić information content (AvgIpc) is 0.785. The van der Waals surface area contributed by atoms with Crippen LogP contribution in [0.4, 0.5) is 0 Å². The maximum atomic E-state index is 13.0. The second-order valence-electron chi connectivity index (χ2n) is 26.2. The number of hydrogen-bond donors (Lipinski definition) is 22. The van der Waals surface area contributed by atoms with Gasteiger partial charge in [-0.1, -0.05) is 0 Å². The Morgan fingerprint density at radius 1 is 0.388 bits per heavy atom. The molecule has 21 rings (SSSR count). The zero-order valence-corrected chi connectivity index (χ0v) is 57.5. The van der Waals surface area contributed by atoms with Crippen LogP contribution >= 0.6 is 23.5 Å². The maximum Gasteiger partial charge on any atom is 0.321 e. The molecule has 1 saturated carbocycles. The zero-order valence-electron chi connectivity index (χ0n) is 55.8. The number of likely N-dealkylation sites (N-methyl/N-ethyl adjacent to an activating group) is 1. The first-order valence-corrected chi connectivity index (χ1v) is 35.9. The van der Waals surface area contributed by atoms with E-state index in [0.717, 1.165) is 23.5 Å². The molecule has 0 aromatic heterocycles. The Bertz CT molecular complexity index is 2610. The van der Waals surface area contributed by atoms with E-state index in [9.17, 15) is 126 Å². The fourth-order valence-electron chi connectivity index (χ4n) is 13.1. The first-order valence-electron chi connectivity index (χ1n) is 33.6. The number of nitrogens with one attached hydrogen (secondary N) is 1. The summed E-state index contributed by atoms with van der Waals surface area (Å²) >= 11 is 1.71. The topological polar surface area (TPSA) is 644 Å². The smallest absolute Gasteiger partial charge is 0.321 e. The summed E-state index contributed by atoms with van der Waals surface area (Å²) in [5.74, 6) is -7.24. The molecule has 20 aliphatic heterocycles. The van der Waals surface area contributed by atoms with Crippen molar-refractivity contribution in [2.45, 2.75) is 247 Å². The SMILES string of the molecule is CN[C@H](CSCC1O[C@H]2O[C@@H]3C(CO)O[C@H](O[C@@H]4C(CO)O[C@H](OC5C(CO)C[C@H](O[C@@H]6C(CSC[C@@H](CC(=O)CCOCCOCCC(C)=O)C(=O)O)O[C@@H](O[C@@H]7C(CO)O[C@@H](O[C@@H]8C(CO)O[C@@H](O[C@H]1[C@H](O)C2O)C(O)[C@@H]8O)C(O)[C@H]7O)C(O)[C@H]6O)C(O)[C@H]5O)C(O)[C@H]4O)C(O)[C@H]3O)C(=O)O. The lowest BCUT2D eigenvalue weighted by molar-refractivity contribution is -0.394. The van der Waals surface area contributed by atoms with E-state index in [0.29, 0.717) is 0 Å². The van der Waals surface area contributed by atoms with Crippen molar-refractivity contribution < 1.29 is 197 Å². The first kappa shape index (κ1) is 86.2. The molecule has 14 bridgehead atoms. The average molecular weight is 1540 g/mol. The molecule has 22 N–H and O–H groups in total. The number of carbonyl (C=O) groups excluding carboxylic acids is 2. The number of aliphatic hydroxyl groups is 19. The van der Waals surface area contributed by atoms with Crippen molar-refractivity contribution >= 4 is 47.0 Å². The van der Waals surface area contributed by atoms with Crippen molar-refractivity contribution in [2.75, 3.05) is 89.5 Å². The second-order valence-corrected chi connectivity index (χ2v) is 28.4. The van der Waals surface area contributed by atoms with Crippen LogP contribution in [0.5, 0.6) is 0 Å². The van der Waals surface area contributed by atoms with Crippen LogP contribution < -0.4 is 5.32 Å². The van der Waals surface area contributed by atoms with Gasteiger partial charge in [0.1, 0.15) is 164 Å². The van der Waals surface area contributed by atoms with E-state index < -0.39 is 296 Å². The highest BCUT2D eigenvalue weighted by Crippen LogP contribution is 2.41. The number of thioether (sulfide) groups is 2. The lowest BCUT2D eigenvalue weighted by Crippen LogP contribution is -2.68. The van der Waals surface area contributed by atoms with Gasteiger partial charge in [0.15, 0.2) is 37.7 Å². The summed E-state index contributed by atoms with van der Waals surface area (Å²) in [4.78, 5) is 48.8. The molecule has 103 heavy (non-hydrogen) atoms. The molecule has 596 valence electrons. The van der Waals surface area contributed by atoms with Crippen molar-refractivity contribution in [3.05, 3.63) is 0 Å². The van der Waals surface area contributed by atoms with Gasteiger partial charge in [-0.2, -0.15) is 23.5 Å². The lowest BCUT2D eigenvalue weighted by Gasteiger charge is -2.50. The summed E-state index contributed by atoms with van der Waals surface area (Å²) in [5.41, 5.74) is 0. The van der Waals surface area contributed by atoms with Gasteiger partial charge in [-0.25, -0.2) is 0 Å². The molecule has 20 heterocycles. The third-order valence-electron chi connectivity index (χ3n) is 19.1. The summed E-state index contributed by atoms with van der Waals surface area (Å²) in [5, 5.41) is 240. The molecule has 0 aromatic rings. The first-order chi connectivity index (χ1) is 49.0. The number of hydrogen-bond acceptors (Lipinski definition) is 41. The van der Waals surface area contributed by atoms with Crippen LogP contribution in [0.25, 0.3) is 0 Å². The molecule has 1 aliphatic carbocycles. The van der Waals surface area contributed by atoms with Gasteiger partial charge in [-0.15, -0.1) is 0 Å². The van der Waals surface area contributed by atoms with Gasteiger partial charge < -0.3 is 184 Å². The Morgan fingerprint density at radius 3 is 1.04 bits per heavy atom. The monoisotopic (exact) mass is 1540 g/mol. The molecule has 15 unspecified atom stereocenters. The predicted octanol–water partition coefficient (Wildman–Crippen LogP) is -12.4. The molecule has 21 fully saturated rings. The molecule has 0 radical (unpaired) electrons. The number of ketones is 2. The number of carbonyl (C=O) groups is 4. The quantitative estimate of drug-likeness (QED) is 0.0340. The Balaban J connectivity index is 1.08. The van der Waals surface area contributed by atoms with Gasteiger partial charge >= 0.3 is 11.9 Å². The van der Waals surface area contributed by atoms with Gasteiger partial charge in [0.05, 0.1) is 83.2 Å². The fourth-order valence-corrected chi connectivity index (χ4v) is 15.5. The third-order valence-corrected chi connectivity index (χ3v) is 21.4. The van der Waals surface area contributed by atoms with E-state index in [-0.39, 0.29) is 62.3 Å². The van der Waals surface area contributed by atoms with Gasteiger partial charge in [0.25, 0.3) is 0 Å². The Morgan fingerprint density at radius 2 is 0.709 bits per heavy atom. The molecule has 21 aliphatic rings. The molecule has 0 spiro atoms. The minimum Gasteiger partial charge on any atom is -0.481 e. The van der Waals surface area contributed by atoms with Gasteiger partial charge in [0, 0.05) is 54.8 Å². The second kappa shape index (κ2) is 40.0. The van der Waals surface area contributed by atoms with Crippen molar-refractivity contribution in [1.29, 1.82) is 0 Å². The molecule has 41 nitrogen and oxygen atoms in total. The van der Waals surface area contributed by atoms with Crippen LogP contribution in [0.3, 0.4) is 0 Å². The van der Waals surface area contributed by atoms with E-state index >= 15 is 0 Å². The van der Waals surface area contributed by atoms with E-state index in [1.54, 1.807) is 0 Å². The molecular weight excluding hydrogens is 1440 g/mol. The largest absolute Gasteiger partial charge is 0.481 e. The molecule has 43 heteroatoms. The normalized spacial score (nSPS) is 44.9. The van der Waals surface area contributed by atoms with Crippen LogP contribution in [0.1, 0.15) is 32.6 Å². The van der Waals surface area contributed by atoms with Crippen LogP contribution in [0.15, 0.2) is 0 Å². The Hall–Kier alpha value is -2.42. The summed E-state index contributed by atoms with van der Waals surface area (Å²) in [6, 6.07) is -1.18. The van der Waals surface area contributed by atoms with Crippen molar-refractivity contribution in [2.24, 2.45) is 11.8 Å². The summed E-state index contributed by atoms with van der Waals surface area (Å²) in [7, 11) is 1.35. The van der Waals surface area contributed by atoms with Crippen LogP contribution in [0, 0.1) is 11.8 Å². The number of rotatable bonds is 27. The lowest BCUT2D eigenvalue weighted by atomic mass is 9.80. The number of carboxylic acid groups (broad SMARTS) is 2. The highest BCUT2D eigenvalue weighted by atomic mass is 32.2. The standard InChI is InChI=1S/C60H99NO40S2/c1-20(67)3-5-87-7-8-88-6-4-23(68)9-22(53(83)84)16-102-18-30-51-38(75)44(81)59(94-30)99-49-28(14-65)91-57(41(78)35(49)72)98-48-27(13-64)93-58(43(80)37(48)74)101-52-31(19-103-17-24(61-2)54(85)86)95-60(45(82)39(52)76)100-50-29(15-66)92-56(42(79)36(50)73)97-47-26(12-63)90-55(40(77)34(47)71)96-46-21(11-62)10-25(89-51)32(69)33(46)70/h21-22,24-52,55-66,69-82H,3-19H2,1-2H3,(H,83,84)(H,85,86)/t21?,22-,24-,25+,26?,27?,28?,29?,30?,31?,32?,33-,34-,35-,36-,37+,38-,39-,40?,41?,42?,43?,44?,45?,46?,47-,48-,49-,50-,51-,52-,55-,56-,57+,58+,59+,60+/m1/s1. The van der Waals surface area contributed by atoms with Crippen molar-refractivity contribution in [3.63, 3.8) is 0 Å². The summed E-state index contributed by atoms with van der Waals surface area (Å²) in [6.07, 6.45) is -69.8. The molecule has 20 saturated heterocycles. The third kappa shape index (κ3) is 21.0. The molecule has 37 atom stereocenters. The predicted molar refractivity (Wildman–Crippen MR) is 335 cm³/mol. The summed E-state index contributed by atoms with van der Waals surface area (Å²) < 4.78 is 88.1. The van der Waals surface area contributed by atoms with Crippen molar-refractivity contribution in [3.8, 4) is 0 Å². The minimum atomic E-state index is -2.29. The van der Waals surface area contributed by atoms with E-state index in [2.05, 4.69) is 5.32 Å². The fraction of sp³-hybridized carbons (Fsp3) is 0.933. The Labute approximate surface area is 596 Å². The highest BCUT2D eigenvalue weighted by Gasteiger charge is 2.60. The van der Waals surface area contributed by atoms with E-state index in [1.807, 2.05) is 0 Å². The molecular formula is C60H99NO40S2. The van der Waals surface area contributed by atoms with Crippen LogP contribution in [-0.4, -0.2) is 435 Å². The van der Waals surface area contributed by atoms with E-state index in [4.69, 9.17) is 71.1 Å². The zero-order chi connectivity index (χ0) is 75.4. The van der Waals surface area contributed by atoms with E-state index in [1.165, 1.54) is 14.0 Å². The number of Topliss-reactive ketones (excluding diaryl/α,β-unsaturated/α-hetero) is 2. The van der Waals surface area contributed by atoms with Gasteiger partial charge in [-0.05, 0) is 20.4 Å². The van der Waals surface area contributed by atoms with Crippen LogP contribution in [0.2, 0.25) is 0 Å². The number of ether oxygens (including phenoxy) is 15.